The van der Waals surface area contributed by atoms with Crippen LogP contribution in [0.5, 0.6) is 0 Å². The summed E-state index contributed by atoms with van der Waals surface area (Å²) in [6.45, 7) is 8.50. The molecule has 0 saturated carbocycles. The summed E-state index contributed by atoms with van der Waals surface area (Å²) in [4.78, 5) is 0. The first-order chi connectivity index (χ1) is 6.60. The van der Waals surface area contributed by atoms with Crippen LogP contribution < -0.4 is 0 Å². The Balaban J connectivity index is 4.26. The van der Waals surface area contributed by atoms with Crippen molar-refractivity contribution in [2.75, 3.05) is 7.11 Å². The van der Waals surface area contributed by atoms with Gasteiger partial charge in [-0.25, -0.2) is 0 Å². The molecule has 0 spiro atoms. The van der Waals surface area contributed by atoms with Gasteiger partial charge in [0, 0.05) is 20.0 Å². The second kappa shape index (κ2) is 7.24. The minimum Gasteiger partial charge on any atom is -0.353 e. The van der Waals surface area contributed by atoms with E-state index in [-0.39, 0.29) is 11.9 Å². The Bertz CT molecular complexity index is 134. The molecule has 1 unspecified atom stereocenters. The molecule has 0 aliphatic carbocycles. The summed E-state index contributed by atoms with van der Waals surface area (Å²) in [5, 5.41) is 0. The molecule has 0 aliphatic rings. The Kier molecular flexibility index (Phi) is 7.20. The molecular formula is C12H26O2. The van der Waals surface area contributed by atoms with Crippen molar-refractivity contribution in [3.05, 3.63) is 0 Å². The fraction of sp³-hybridized carbons (Fsp3) is 1.00. The highest BCUT2D eigenvalue weighted by atomic mass is 16.7. The molecule has 0 N–H and O–H groups in total. The molecule has 0 heterocycles. The summed E-state index contributed by atoms with van der Waals surface area (Å²) in [6, 6.07) is 0. The zero-order valence-corrected chi connectivity index (χ0v) is 10.4. The van der Waals surface area contributed by atoms with Gasteiger partial charge < -0.3 is 9.47 Å². The van der Waals surface area contributed by atoms with E-state index in [4.69, 9.17) is 9.47 Å². The third-order valence-corrected chi connectivity index (χ3v) is 2.36. The average Bonchev–Trinajstić information content (AvgIpc) is 2.14. The van der Waals surface area contributed by atoms with E-state index in [9.17, 15) is 0 Å². The number of hydrogen-bond acceptors (Lipinski definition) is 2. The highest BCUT2D eigenvalue weighted by Gasteiger charge is 2.30. The normalized spacial score (nSPS) is 15.9. The van der Waals surface area contributed by atoms with Gasteiger partial charge in [0.05, 0.1) is 6.10 Å². The van der Waals surface area contributed by atoms with Crippen molar-refractivity contribution in [2.45, 2.75) is 71.7 Å². The third-order valence-electron chi connectivity index (χ3n) is 2.36. The first-order valence-corrected chi connectivity index (χ1v) is 5.83. The molecule has 14 heavy (non-hydrogen) atoms. The number of ether oxygens (including phenoxy) is 2. The van der Waals surface area contributed by atoms with E-state index in [0.29, 0.717) is 0 Å². The molecule has 0 aliphatic heterocycles. The van der Waals surface area contributed by atoms with Gasteiger partial charge in [-0.2, -0.15) is 0 Å². The largest absolute Gasteiger partial charge is 0.353 e. The first-order valence-electron chi connectivity index (χ1n) is 5.83. The van der Waals surface area contributed by atoms with Crippen molar-refractivity contribution in [3.8, 4) is 0 Å². The third kappa shape index (κ3) is 4.97. The molecule has 2 nitrogen and oxygen atoms in total. The molecule has 1 atom stereocenters. The van der Waals surface area contributed by atoms with Crippen molar-refractivity contribution in [2.24, 2.45) is 0 Å². The second-order valence-corrected chi connectivity index (χ2v) is 4.13. The van der Waals surface area contributed by atoms with Gasteiger partial charge in [-0.1, -0.05) is 26.7 Å². The molecule has 0 saturated heterocycles. The van der Waals surface area contributed by atoms with Gasteiger partial charge in [0.25, 0.3) is 0 Å². The lowest BCUT2D eigenvalue weighted by atomic mass is 10.0. The van der Waals surface area contributed by atoms with E-state index < -0.39 is 0 Å². The summed E-state index contributed by atoms with van der Waals surface area (Å²) >= 11 is 0. The zero-order valence-electron chi connectivity index (χ0n) is 10.4. The Morgan fingerprint density at radius 3 is 2.07 bits per heavy atom. The molecule has 0 amide bonds. The molecule has 0 bridgehead atoms. The maximum Gasteiger partial charge on any atom is 0.168 e. The SMILES string of the molecule is CCCCC(CCC)(OC)OC(C)C. The smallest absolute Gasteiger partial charge is 0.168 e. The molecule has 0 rings (SSSR count). The van der Waals surface area contributed by atoms with E-state index in [1.165, 1.54) is 12.8 Å². The van der Waals surface area contributed by atoms with Gasteiger partial charge in [-0.05, 0) is 20.3 Å². The van der Waals surface area contributed by atoms with Crippen molar-refractivity contribution in [1.29, 1.82) is 0 Å². The summed E-state index contributed by atoms with van der Waals surface area (Å²) < 4.78 is 11.5. The van der Waals surface area contributed by atoms with Crippen LogP contribution in [0.15, 0.2) is 0 Å². The van der Waals surface area contributed by atoms with Crippen LogP contribution in [0, 0.1) is 0 Å². The fourth-order valence-corrected chi connectivity index (χ4v) is 1.75. The van der Waals surface area contributed by atoms with E-state index in [1.54, 1.807) is 7.11 Å². The van der Waals surface area contributed by atoms with E-state index >= 15 is 0 Å². The van der Waals surface area contributed by atoms with E-state index in [0.717, 1.165) is 19.3 Å². The Morgan fingerprint density at radius 1 is 1.07 bits per heavy atom. The molecule has 0 aromatic heterocycles. The lowest BCUT2D eigenvalue weighted by Crippen LogP contribution is -2.37. The monoisotopic (exact) mass is 202 g/mol. The summed E-state index contributed by atoms with van der Waals surface area (Å²) in [5.74, 6) is -0.334. The van der Waals surface area contributed by atoms with Crippen LogP contribution in [0.4, 0.5) is 0 Å². The van der Waals surface area contributed by atoms with E-state index in [2.05, 4.69) is 27.7 Å². The molecule has 0 fully saturated rings. The van der Waals surface area contributed by atoms with Gasteiger partial charge in [-0.3, -0.25) is 0 Å². The van der Waals surface area contributed by atoms with Crippen molar-refractivity contribution >= 4 is 0 Å². The Morgan fingerprint density at radius 2 is 1.71 bits per heavy atom. The predicted molar refractivity (Wildman–Crippen MR) is 60.4 cm³/mol. The summed E-state index contributed by atoms with van der Waals surface area (Å²) in [5.41, 5.74) is 0. The number of rotatable bonds is 8. The lowest BCUT2D eigenvalue weighted by molar-refractivity contribution is -0.248. The van der Waals surface area contributed by atoms with E-state index in [1.807, 2.05) is 0 Å². The maximum atomic E-state index is 5.91. The average molecular weight is 202 g/mol. The van der Waals surface area contributed by atoms with Gasteiger partial charge in [0.1, 0.15) is 0 Å². The molecule has 0 radical (unpaired) electrons. The highest BCUT2D eigenvalue weighted by molar-refractivity contribution is 4.70. The number of unbranched alkanes of at least 4 members (excludes halogenated alkanes) is 1. The molecular weight excluding hydrogens is 176 g/mol. The van der Waals surface area contributed by atoms with Crippen LogP contribution in [-0.4, -0.2) is 19.0 Å². The second-order valence-electron chi connectivity index (χ2n) is 4.13. The summed E-state index contributed by atoms with van der Waals surface area (Å²) in [7, 11) is 1.76. The van der Waals surface area contributed by atoms with Gasteiger partial charge in [0.2, 0.25) is 0 Å². The predicted octanol–water partition coefficient (Wildman–Crippen LogP) is 3.74. The van der Waals surface area contributed by atoms with Gasteiger partial charge >= 0.3 is 0 Å². The topological polar surface area (TPSA) is 18.5 Å². The van der Waals surface area contributed by atoms with Crippen molar-refractivity contribution in [1.82, 2.24) is 0 Å². The minimum atomic E-state index is -0.334. The van der Waals surface area contributed by atoms with Crippen molar-refractivity contribution < 1.29 is 9.47 Å². The van der Waals surface area contributed by atoms with Crippen molar-refractivity contribution in [3.63, 3.8) is 0 Å². The highest BCUT2D eigenvalue weighted by Crippen LogP contribution is 2.27. The minimum absolute atomic E-state index is 0.235. The van der Waals surface area contributed by atoms with Crippen LogP contribution in [0.25, 0.3) is 0 Å². The molecule has 2 heteroatoms. The molecule has 0 aromatic rings. The number of hydrogen-bond donors (Lipinski definition) is 0. The Labute approximate surface area is 89.0 Å². The lowest BCUT2D eigenvalue weighted by Gasteiger charge is -2.34. The number of methoxy groups -OCH3 is 1. The zero-order chi connectivity index (χ0) is 11.0. The quantitative estimate of drug-likeness (QED) is 0.558. The first kappa shape index (κ1) is 13.9. The summed E-state index contributed by atoms with van der Waals surface area (Å²) in [6.07, 6.45) is 5.69. The van der Waals surface area contributed by atoms with Crippen LogP contribution in [0.3, 0.4) is 0 Å². The fourth-order valence-electron chi connectivity index (χ4n) is 1.75. The van der Waals surface area contributed by atoms with Crippen LogP contribution >= 0.6 is 0 Å². The van der Waals surface area contributed by atoms with Crippen LogP contribution in [0.2, 0.25) is 0 Å². The maximum absolute atomic E-state index is 5.91. The van der Waals surface area contributed by atoms with Crippen LogP contribution in [0.1, 0.15) is 59.8 Å². The molecule has 0 aromatic carbocycles. The standard InChI is InChI=1S/C12H26O2/c1-6-8-10-12(13-5,9-7-2)14-11(3)4/h11H,6-10H2,1-5H3. The van der Waals surface area contributed by atoms with Gasteiger partial charge in [0.15, 0.2) is 5.79 Å². The Hall–Kier alpha value is -0.0800. The van der Waals surface area contributed by atoms with Crippen LogP contribution in [-0.2, 0) is 9.47 Å². The van der Waals surface area contributed by atoms with Gasteiger partial charge in [-0.15, -0.1) is 0 Å². The molecule has 86 valence electrons.